The average molecular weight is 231 g/mol. The van der Waals surface area contributed by atoms with Crippen molar-refractivity contribution in [2.24, 2.45) is 5.73 Å². The molecule has 0 aliphatic rings. The van der Waals surface area contributed by atoms with Gasteiger partial charge < -0.3 is 5.73 Å². The van der Waals surface area contributed by atoms with E-state index in [1.807, 2.05) is 0 Å². The van der Waals surface area contributed by atoms with Crippen molar-refractivity contribution in [3.05, 3.63) is 41.2 Å². The van der Waals surface area contributed by atoms with E-state index in [0.29, 0.717) is 13.1 Å². The van der Waals surface area contributed by atoms with Crippen LogP contribution in [0.4, 0.5) is 0 Å². The van der Waals surface area contributed by atoms with E-state index >= 15 is 0 Å². The third-order valence-electron chi connectivity index (χ3n) is 2.70. The van der Waals surface area contributed by atoms with Crippen LogP contribution in [0.2, 0.25) is 0 Å². The molecule has 90 valence electrons. The lowest BCUT2D eigenvalue weighted by Gasteiger charge is -2.03. The maximum Gasteiger partial charge on any atom is 0.151 e. The van der Waals surface area contributed by atoms with Crippen molar-refractivity contribution in [1.82, 2.24) is 20.2 Å². The summed E-state index contributed by atoms with van der Waals surface area (Å²) in [6, 6.07) is 8.54. The summed E-state index contributed by atoms with van der Waals surface area (Å²) in [5.74, 6) is 0.899. The van der Waals surface area contributed by atoms with Gasteiger partial charge in [0.1, 0.15) is 0 Å². The predicted molar refractivity (Wildman–Crippen MR) is 65.5 cm³/mol. The molecule has 0 bridgehead atoms. The van der Waals surface area contributed by atoms with Crippen LogP contribution in [0.25, 0.3) is 0 Å². The highest BCUT2D eigenvalue weighted by atomic mass is 15.5. The molecule has 0 saturated heterocycles. The molecule has 5 nitrogen and oxygen atoms in total. The molecule has 17 heavy (non-hydrogen) atoms. The Labute approximate surface area is 101 Å². The van der Waals surface area contributed by atoms with Crippen molar-refractivity contribution in [3.8, 4) is 0 Å². The van der Waals surface area contributed by atoms with Gasteiger partial charge in [-0.15, -0.1) is 5.10 Å². The van der Waals surface area contributed by atoms with Crippen LogP contribution in [0.1, 0.15) is 17.0 Å². The Bertz CT molecular complexity index is 460. The number of hydrogen-bond acceptors (Lipinski definition) is 4. The van der Waals surface area contributed by atoms with Crippen LogP contribution < -0.4 is 5.73 Å². The molecule has 2 aromatic rings. The molecule has 0 fully saturated rings. The molecule has 0 aliphatic heterocycles. The number of benzene rings is 1. The van der Waals surface area contributed by atoms with Gasteiger partial charge in [0.25, 0.3) is 0 Å². The highest BCUT2D eigenvalue weighted by Crippen LogP contribution is 2.06. The summed E-state index contributed by atoms with van der Waals surface area (Å²) >= 11 is 0. The molecule has 2 rings (SSSR count). The van der Waals surface area contributed by atoms with Crippen molar-refractivity contribution >= 4 is 0 Å². The first-order valence-electron chi connectivity index (χ1n) is 5.80. The Morgan fingerprint density at radius 2 is 1.94 bits per heavy atom. The van der Waals surface area contributed by atoms with Crippen molar-refractivity contribution < 1.29 is 0 Å². The Morgan fingerprint density at radius 1 is 1.18 bits per heavy atom. The van der Waals surface area contributed by atoms with Gasteiger partial charge in [-0.3, -0.25) is 0 Å². The van der Waals surface area contributed by atoms with Crippen molar-refractivity contribution in [3.63, 3.8) is 0 Å². The zero-order valence-corrected chi connectivity index (χ0v) is 10.0. The highest BCUT2D eigenvalue weighted by molar-refractivity contribution is 5.21. The summed E-state index contributed by atoms with van der Waals surface area (Å²) < 4.78 is 1.77. The number of tetrazole rings is 1. The molecule has 1 aromatic heterocycles. The Balaban J connectivity index is 1.97. The molecule has 0 radical (unpaired) electrons. The second-order valence-electron chi connectivity index (χ2n) is 4.09. The van der Waals surface area contributed by atoms with Crippen LogP contribution in [0.15, 0.2) is 24.3 Å². The second kappa shape index (κ2) is 5.54. The highest BCUT2D eigenvalue weighted by Gasteiger charge is 2.05. The molecule has 5 heteroatoms. The minimum atomic E-state index is 0.558. The fourth-order valence-corrected chi connectivity index (χ4v) is 1.71. The molecule has 0 atom stereocenters. The molecule has 1 heterocycles. The summed E-state index contributed by atoms with van der Waals surface area (Å²) in [5.41, 5.74) is 8.08. The van der Waals surface area contributed by atoms with E-state index in [2.05, 4.69) is 46.7 Å². The smallest absolute Gasteiger partial charge is 0.151 e. The zero-order chi connectivity index (χ0) is 12.1. The van der Waals surface area contributed by atoms with E-state index in [0.717, 1.165) is 18.7 Å². The van der Waals surface area contributed by atoms with Crippen LogP contribution in [-0.4, -0.2) is 26.8 Å². The van der Waals surface area contributed by atoms with E-state index in [4.69, 9.17) is 5.73 Å². The number of aryl methyl sites for hydroxylation is 3. The topological polar surface area (TPSA) is 69.6 Å². The predicted octanol–water partition coefficient (Wildman–Crippen LogP) is 0.725. The Morgan fingerprint density at radius 3 is 2.65 bits per heavy atom. The Hall–Kier alpha value is -1.75. The van der Waals surface area contributed by atoms with Gasteiger partial charge in [0.05, 0.1) is 6.54 Å². The third kappa shape index (κ3) is 3.10. The number of rotatable bonds is 5. The van der Waals surface area contributed by atoms with Gasteiger partial charge in [-0.2, -0.15) is 0 Å². The van der Waals surface area contributed by atoms with E-state index < -0.39 is 0 Å². The number of nitrogens with zero attached hydrogens (tertiary/aromatic N) is 4. The fraction of sp³-hybridized carbons (Fsp3) is 0.417. The van der Waals surface area contributed by atoms with Gasteiger partial charge in [0, 0.05) is 13.0 Å². The van der Waals surface area contributed by atoms with E-state index in [9.17, 15) is 0 Å². The lowest BCUT2D eigenvalue weighted by molar-refractivity contribution is 0.570. The first-order valence-corrected chi connectivity index (χ1v) is 5.80. The minimum Gasteiger partial charge on any atom is -0.329 e. The molecule has 0 aliphatic carbocycles. The third-order valence-corrected chi connectivity index (χ3v) is 2.70. The first kappa shape index (κ1) is 11.7. The largest absolute Gasteiger partial charge is 0.329 e. The zero-order valence-electron chi connectivity index (χ0n) is 10.0. The van der Waals surface area contributed by atoms with Crippen molar-refractivity contribution in [2.75, 3.05) is 6.54 Å². The summed E-state index contributed by atoms with van der Waals surface area (Å²) in [6.07, 6.45) is 1.79. The summed E-state index contributed by atoms with van der Waals surface area (Å²) in [6.45, 7) is 3.32. The van der Waals surface area contributed by atoms with Gasteiger partial charge in [0.15, 0.2) is 5.82 Å². The van der Waals surface area contributed by atoms with Crippen LogP contribution >= 0.6 is 0 Å². The van der Waals surface area contributed by atoms with Crippen LogP contribution in [0.5, 0.6) is 0 Å². The molecule has 2 N–H and O–H groups in total. The van der Waals surface area contributed by atoms with Crippen LogP contribution in [0.3, 0.4) is 0 Å². The lowest BCUT2D eigenvalue weighted by Crippen LogP contribution is -2.14. The number of aromatic nitrogens is 4. The van der Waals surface area contributed by atoms with Crippen molar-refractivity contribution in [2.45, 2.75) is 26.3 Å². The van der Waals surface area contributed by atoms with Gasteiger partial charge >= 0.3 is 0 Å². The molecule has 0 saturated carbocycles. The van der Waals surface area contributed by atoms with E-state index in [1.54, 1.807) is 4.68 Å². The Kier molecular flexibility index (Phi) is 3.82. The minimum absolute atomic E-state index is 0.558. The van der Waals surface area contributed by atoms with Gasteiger partial charge in [-0.25, -0.2) is 4.68 Å². The quantitative estimate of drug-likeness (QED) is 0.823. The molecule has 0 amide bonds. The summed E-state index contributed by atoms with van der Waals surface area (Å²) in [4.78, 5) is 0. The standard InChI is InChI=1S/C12H17N5/c1-10-2-4-11(5-3-10)6-7-12-14-15-16-17(12)9-8-13/h2-5H,6-9,13H2,1H3. The molecule has 1 aromatic carbocycles. The normalized spacial score (nSPS) is 10.7. The molecular formula is C12H17N5. The fourth-order valence-electron chi connectivity index (χ4n) is 1.71. The van der Waals surface area contributed by atoms with Gasteiger partial charge in [-0.1, -0.05) is 29.8 Å². The number of nitrogens with two attached hydrogens (primary N) is 1. The summed E-state index contributed by atoms with van der Waals surface area (Å²) in [7, 11) is 0. The molecular weight excluding hydrogens is 214 g/mol. The monoisotopic (exact) mass is 231 g/mol. The lowest BCUT2D eigenvalue weighted by atomic mass is 10.1. The second-order valence-corrected chi connectivity index (χ2v) is 4.09. The number of hydrogen-bond donors (Lipinski definition) is 1. The van der Waals surface area contributed by atoms with Gasteiger partial charge in [-0.05, 0) is 29.3 Å². The van der Waals surface area contributed by atoms with E-state index in [-0.39, 0.29) is 0 Å². The SMILES string of the molecule is Cc1ccc(CCc2nnnn2CCN)cc1. The summed E-state index contributed by atoms with van der Waals surface area (Å²) in [5, 5.41) is 11.6. The maximum absolute atomic E-state index is 5.50. The first-order chi connectivity index (χ1) is 8.29. The van der Waals surface area contributed by atoms with Crippen LogP contribution in [0, 0.1) is 6.92 Å². The molecule has 0 spiro atoms. The van der Waals surface area contributed by atoms with E-state index in [1.165, 1.54) is 11.1 Å². The van der Waals surface area contributed by atoms with Crippen LogP contribution in [-0.2, 0) is 19.4 Å². The average Bonchev–Trinajstić information content (AvgIpc) is 2.77. The maximum atomic E-state index is 5.50. The van der Waals surface area contributed by atoms with Gasteiger partial charge in [0.2, 0.25) is 0 Å². The van der Waals surface area contributed by atoms with Crippen molar-refractivity contribution in [1.29, 1.82) is 0 Å². The molecule has 0 unspecified atom stereocenters.